The lowest BCUT2D eigenvalue weighted by Gasteiger charge is -2.09. The van der Waals surface area contributed by atoms with E-state index in [1.165, 1.54) is 12.1 Å². The van der Waals surface area contributed by atoms with Gasteiger partial charge >= 0.3 is 6.03 Å². The van der Waals surface area contributed by atoms with Crippen molar-refractivity contribution in [1.82, 2.24) is 0 Å². The number of benzene rings is 2. The van der Waals surface area contributed by atoms with Crippen molar-refractivity contribution >= 4 is 17.4 Å². The number of amides is 2. The average Bonchev–Trinajstić information content (AvgIpc) is 2.51. The summed E-state index contributed by atoms with van der Waals surface area (Å²) in [6.45, 7) is 2.78. The van der Waals surface area contributed by atoms with E-state index in [1.54, 1.807) is 36.4 Å². The van der Waals surface area contributed by atoms with Gasteiger partial charge in [-0.2, -0.15) is 0 Å². The highest BCUT2D eigenvalue weighted by Gasteiger charge is 2.06. The number of nitrogens with one attached hydrogen (secondary N) is 2. The largest absolute Gasteiger partial charge is 0.494 e. The lowest BCUT2D eigenvalue weighted by molar-refractivity contribution is 0.262. The van der Waals surface area contributed by atoms with Crippen LogP contribution in [0, 0.1) is 5.82 Å². The number of ether oxygens (including phenoxy) is 1. The second-order valence-corrected chi connectivity index (χ2v) is 4.79. The predicted octanol–water partition coefficient (Wildman–Crippen LogP) is 4.65. The molecule has 0 atom stereocenters. The van der Waals surface area contributed by atoms with Gasteiger partial charge in [-0.3, -0.25) is 0 Å². The van der Waals surface area contributed by atoms with E-state index in [-0.39, 0.29) is 5.69 Å². The van der Waals surface area contributed by atoms with E-state index < -0.39 is 11.8 Å². The van der Waals surface area contributed by atoms with Crippen LogP contribution in [0.4, 0.5) is 20.6 Å². The summed E-state index contributed by atoms with van der Waals surface area (Å²) in [5.41, 5.74) is 0.746. The molecule has 0 radical (unpaired) electrons. The summed E-state index contributed by atoms with van der Waals surface area (Å²) in [5, 5.41) is 5.10. The fourth-order valence-electron chi connectivity index (χ4n) is 1.82. The molecule has 0 saturated heterocycles. The van der Waals surface area contributed by atoms with E-state index in [1.807, 2.05) is 0 Å². The fraction of sp³-hybridized carbons (Fsp3) is 0.235. The minimum Gasteiger partial charge on any atom is -0.494 e. The van der Waals surface area contributed by atoms with Crippen molar-refractivity contribution in [1.29, 1.82) is 0 Å². The Hall–Kier alpha value is -2.56. The second kappa shape index (κ2) is 8.02. The Morgan fingerprint density at radius 3 is 2.50 bits per heavy atom. The zero-order chi connectivity index (χ0) is 15.8. The second-order valence-electron chi connectivity index (χ2n) is 4.79. The van der Waals surface area contributed by atoms with Crippen molar-refractivity contribution in [2.45, 2.75) is 19.8 Å². The van der Waals surface area contributed by atoms with Crippen LogP contribution < -0.4 is 15.4 Å². The molecule has 2 aromatic carbocycles. The lowest BCUT2D eigenvalue weighted by atomic mass is 10.3. The van der Waals surface area contributed by atoms with Crippen molar-refractivity contribution in [2.24, 2.45) is 0 Å². The first kappa shape index (κ1) is 15.8. The molecule has 2 rings (SSSR count). The molecule has 5 heteroatoms. The number of rotatable bonds is 6. The highest BCUT2D eigenvalue weighted by atomic mass is 19.1. The number of unbranched alkanes of at least 4 members (excludes halogenated alkanes) is 1. The Bertz CT molecular complexity index is 614. The maximum Gasteiger partial charge on any atom is 0.323 e. The molecule has 0 aromatic heterocycles. The van der Waals surface area contributed by atoms with Crippen molar-refractivity contribution in [3.05, 3.63) is 54.3 Å². The molecular formula is C17H19FN2O2. The Balaban J connectivity index is 1.88. The molecule has 0 aliphatic heterocycles. The van der Waals surface area contributed by atoms with E-state index >= 15 is 0 Å². The standard InChI is InChI=1S/C17H19FN2O2/c1-2-3-12-22-14-10-8-13(9-11-14)19-17(21)20-16-7-5-4-6-15(16)18/h4-11H,2-3,12H2,1H3,(H2,19,20,21). The van der Waals surface area contributed by atoms with E-state index in [2.05, 4.69) is 17.6 Å². The minimum absolute atomic E-state index is 0.138. The van der Waals surface area contributed by atoms with Crippen LogP contribution in [-0.4, -0.2) is 12.6 Å². The fourth-order valence-corrected chi connectivity index (χ4v) is 1.82. The molecule has 0 aliphatic carbocycles. The first-order valence-corrected chi connectivity index (χ1v) is 7.24. The molecule has 0 bridgehead atoms. The molecule has 0 fully saturated rings. The first-order chi connectivity index (χ1) is 10.7. The van der Waals surface area contributed by atoms with Gasteiger partial charge in [0.15, 0.2) is 0 Å². The molecule has 0 heterocycles. The van der Waals surface area contributed by atoms with Crippen molar-refractivity contribution in [3.8, 4) is 5.75 Å². The number of anilines is 2. The third kappa shape index (κ3) is 4.77. The molecule has 2 aromatic rings. The number of para-hydroxylation sites is 1. The van der Waals surface area contributed by atoms with Crippen LogP contribution in [0.5, 0.6) is 5.75 Å². The molecule has 2 amide bonds. The van der Waals surface area contributed by atoms with Crippen LogP contribution in [-0.2, 0) is 0 Å². The van der Waals surface area contributed by atoms with Gasteiger partial charge in [-0.1, -0.05) is 25.5 Å². The smallest absolute Gasteiger partial charge is 0.323 e. The molecule has 116 valence electrons. The predicted molar refractivity (Wildman–Crippen MR) is 85.9 cm³/mol. The maximum atomic E-state index is 13.4. The van der Waals surface area contributed by atoms with Crippen LogP contribution in [0.3, 0.4) is 0 Å². The summed E-state index contributed by atoms with van der Waals surface area (Å²) in [6, 6.07) is 12.6. The molecule has 0 saturated carbocycles. The molecule has 2 N–H and O–H groups in total. The number of hydrogen-bond acceptors (Lipinski definition) is 2. The van der Waals surface area contributed by atoms with E-state index in [4.69, 9.17) is 4.74 Å². The summed E-state index contributed by atoms with van der Waals surface area (Å²) in [7, 11) is 0. The Morgan fingerprint density at radius 2 is 1.82 bits per heavy atom. The molecule has 0 unspecified atom stereocenters. The van der Waals surface area contributed by atoms with Crippen LogP contribution >= 0.6 is 0 Å². The van der Waals surface area contributed by atoms with Gasteiger partial charge in [-0.25, -0.2) is 9.18 Å². The van der Waals surface area contributed by atoms with Gasteiger partial charge in [-0.05, 0) is 42.8 Å². The van der Waals surface area contributed by atoms with Gasteiger partial charge in [-0.15, -0.1) is 0 Å². The first-order valence-electron chi connectivity index (χ1n) is 7.24. The van der Waals surface area contributed by atoms with Crippen molar-refractivity contribution in [3.63, 3.8) is 0 Å². The number of carbonyl (C=O) groups is 1. The average molecular weight is 302 g/mol. The van der Waals surface area contributed by atoms with Crippen LogP contribution in [0.2, 0.25) is 0 Å². The van der Waals surface area contributed by atoms with Gasteiger partial charge in [0.1, 0.15) is 11.6 Å². The Kier molecular flexibility index (Phi) is 5.77. The minimum atomic E-state index is -0.496. The zero-order valence-electron chi connectivity index (χ0n) is 12.4. The molecule has 4 nitrogen and oxygen atoms in total. The zero-order valence-corrected chi connectivity index (χ0v) is 12.4. The molecular weight excluding hydrogens is 283 g/mol. The molecule has 0 spiro atoms. The third-order valence-electron chi connectivity index (χ3n) is 3.00. The monoisotopic (exact) mass is 302 g/mol. The summed E-state index contributed by atoms with van der Waals surface area (Å²) >= 11 is 0. The number of carbonyl (C=O) groups excluding carboxylic acids is 1. The Labute approximate surface area is 129 Å². The highest BCUT2D eigenvalue weighted by Crippen LogP contribution is 2.17. The maximum absolute atomic E-state index is 13.4. The van der Waals surface area contributed by atoms with Crippen LogP contribution in [0.15, 0.2) is 48.5 Å². The van der Waals surface area contributed by atoms with E-state index in [0.717, 1.165) is 18.6 Å². The lowest BCUT2D eigenvalue weighted by Crippen LogP contribution is -2.20. The SMILES string of the molecule is CCCCOc1ccc(NC(=O)Nc2ccccc2F)cc1. The van der Waals surface area contributed by atoms with E-state index in [0.29, 0.717) is 12.3 Å². The van der Waals surface area contributed by atoms with Gasteiger partial charge in [0.25, 0.3) is 0 Å². The van der Waals surface area contributed by atoms with Gasteiger partial charge in [0, 0.05) is 5.69 Å². The molecule has 22 heavy (non-hydrogen) atoms. The van der Waals surface area contributed by atoms with Gasteiger partial charge in [0.05, 0.1) is 12.3 Å². The summed E-state index contributed by atoms with van der Waals surface area (Å²) in [6.07, 6.45) is 2.08. The van der Waals surface area contributed by atoms with E-state index in [9.17, 15) is 9.18 Å². The van der Waals surface area contributed by atoms with Crippen molar-refractivity contribution < 1.29 is 13.9 Å². The summed E-state index contributed by atoms with van der Waals surface area (Å²) in [5.74, 6) is 0.283. The summed E-state index contributed by atoms with van der Waals surface area (Å²) < 4.78 is 19.0. The van der Waals surface area contributed by atoms with Gasteiger partial charge in [0.2, 0.25) is 0 Å². The third-order valence-corrected chi connectivity index (χ3v) is 3.00. The van der Waals surface area contributed by atoms with Crippen LogP contribution in [0.25, 0.3) is 0 Å². The number of halogens is 1. The van der Waals surface area contributed by atoms with Crippen LogP contribution in [0.1, 0.15) is 19.8 Å². The Morgan fingerprint density at radius 1 is 1.09 bits per heavy atom. The summed E-state index contributed by atoms with van der Waals surface area (Å²) in [4.78, 5) is 11.8. The topological polar surface area (TPSA) is 50.4 Å². The van der Waals surface area contributed by atoms with Crippen molar-refractivity contribution in [2.75, 3.05) is 17.2 Å². The highest BCUT2D eigenvalue weighted by molar-refractivity contribution is 5.99. The van der Waals surface area contributed by atoms with Gasteiger partial charge < -0.3 is 15.4 Å². The molecule has 0 aliphatic rings. The number of hydrogen-bond donors (Lipinski definition) is 2. The number of urea groups is 1. The normalized spacial score (nSPS) is 10.1. The quantitative estimate of drug-likeness (QED) is 0.763.